The van der Waals surface area contributed by atoms with Gasteiger partial charge in [0.05, 0.1) is 11.1 Å². The second-order valence-corrected chi connectivity index (χ2v) is 5.66. The molecule has 0 unspecified atom stereocenters. The van der Waals surface area contributed by atoms with Crippen LogP contribution in [0.3, 0.4) is 0 Å². The van der Waals surface area contributed by atoms with Crippen LogP contribution in [0, 0.1) is 0 Å². The molecule has 1 aromatic rings. The molecule has 100 valence electrons. The number of carbonyl (C=O) groups is 1. The third-order valence-corrected chi connectivity index (χ3v) is 3.51. The maximum atomic E-state index is 11.5. The Balaban J connectivity index is 2.85. The molecule has 0 aliphatic rings. The van der Waals surface area contributed by atoms with E-state index in [0.29, 0.717) is 6.42 Å². The minimum Gasteiger partial charge on any atom is -0.388 e. The van der Waals surface area contributed by atoms with Crippen LogP contribution in [0.1, 0.15) is 51.4 Å². The highest BCUT2D eigenvalue weighted by Gasteiger charge is 2.34. The summed E-state index contributed by atoms with van der Waals surface area (Å²) in [6.07, 6.45) is 0.516. The lowest BCUT2D eigenvalue weighted by Crippen LogP contribution is -2.51. The van der Waals surface area contributed by atoms with Crippen molar-refractivity contribution in [1.82, 2.24) is 0 Å². The van der Waals surface area contributed by atoms with Crippen LogP contribution in [0.25, 0.3) is 0 Å². The minimum atomic E-state index is -0.842. The Morgan fingerprint density at radius 2 is 1.67 bits per heavy atom. The van der Waals surface area contributed by atoms with Gasteiger partial charge >= 0.3 is 0 Å². The first-order chi connectivity index (χ1) is 8.17. The fourth-order valence-electron chi connectivity index (χ4n) is 1.46. The first-order valence-electron chi connectivity index (χ1n) is 6.31. The molecule has 1 aromatic carbocycles. The highest BCUT2D eigenvalue weighted by atomic mass is 16.3. The van der Waals surface area contributed by atoms with Crippen molar-refractivity contribution < 1.29 is 9.90 Å². The van der Waals surface area contributed by atoms with Gasteiger partial charge in [0.2, 0.25) is 0 Å². The van der Waals surface area contributed by atoms with E-state index in [0.717, 1.165) is 11.3 Å². The van der Waals surface area contributed by atoms with E-state index in [9.17, 15) is 9.90 Å². The summed E-state index contributed by atoms with van der Waals surface area (Å²) in [6.45, 7) is 9.28. The summed E-state index contributed by atoms with van der Waals surface area (Å²) in [7, 11) is 0. The Labute approximate surface area is 109 Å². The zero-order valence-corrected chi connectivity index (χ0v) is 11.9. The molecule has 0 bridgehead atoms. The van der Waals surface area contributed by atoms with Gasteiger partial charge in [0.1, 0.15) is 0 Å². The van der Waals surface area contributed by atoms with Gasteiger partial charge in [-0.15, -0.1) is 0 Å². The van der Waals surface area contributed by atoms with E-state index in [4.69, 9.17) is 0 Å². The van der Waals surface area contributed by atoms with Crippen molar-refractivity contribution in [3.63, 3.8) is 0 Å². The van der Waals surface area contributed by atoms with Gasteiger partial charge in [-0.05, 0) is 52.0 Å². The van der Waals surface area contributed by atoms with Crippen molar-refractivity contribution in [3.8, 4) is 0 Å². The molecule has 3 nitrogen and oxygen atoms in total. The second kappa shape index (κ2) is 5.11. The van der Waals surface area contributed by atoms with Crippen molar-refractivity contribution >= 4 is 11.5 Å². The Hall–Kier alpha value is -1.35. The number of aliphatic hydroxyl groups is 1. The highest BCUT2D eigenvalue weighted by Crippen LogP contribution is 2.26. The van der Waals surface area contributed by atoms with E-state index in [1.165, 1.54) is 0 Å². The molecule has 0 amide bonds. The molecule has 0 aliphatic carbocycles. The summed E-state index contributed by atoms with van der Waals surface area (Å²) in [5.74, 6) is 0.142. The highest BCUT2D eigenvalue weighted by molar-refractivity contribution is 5.96. The lowest BCUT2D eigenvalue weighted by molar-refractivity contribution is 0.0240. The third kappa shape index (κ3) is 3.33. The number of hydrogen-bond donors (Lipinski definition) is 2. The van der Waals surface area contributed by atoms with Gasteiger partial charge in [-0.25, -0.2) is 0 Å². The SMILES string of the molecule is CCC(=O)c1ccc(NC(C)(C)C(C)(C)O)cc1. The molecule has 0 heterocycles. The second-order valence-electron chi connectivity index (χ2n) is 5.66. The first-order valence-corrected chi connectivity index (χ1v) is 6.31. The van der Waals surface area contributed by atoms with E-state index < -0.39 is 11.1 Å². The number of carbonyl (C=O) groups excluding carboxylic acids is 1. The summed E-state index contributed by atoms with van der Waals surface area (Å²) in [4.78, 5) is 11.5. The molecule has 0 saturated carbocycles. The van der Waals surface area contributed by atoms with Crippen LogP contribution in [0.2, 0.25) is 0 Å². The Morgan fingerprint density at radius 1 is 1.17 bits per heavy atom. The number of Topliss-reactive ketones (excluding diaryl/α,β-unsaturated/α-hetero) is 1. The fraction of sp³-hybridized carbons (Fsp3) is 0.533. The Bertz CT molecular complexity index is 413. The van der Waals surface area contributed by atoms with Crippen molar-refractivity contribution in [2.24, 2.45) is 0 Å². The maximum Gasteiger partial charge on any atom is 0.162 e. The van der Waals surface area contributed by atoms with E-state index in [1.54, 1.807) is 13.8 Å². The molecule has 0 aliphatic heterocycles. The molecule has 3 heteroatoms. The number of nitrogens with one attached hydrogen (secondary N) is 1. The van der Waals surface area contributed by atoms with Gasteiger partial charge in [0, 0.05) is 17.7 Å². The van der Waals surface area contributed by atoms with Crippen LogP contribution < -0.4 is 5.32 Å². The van der Waals surface area contributed by atoms with Gasteiger partial charge in [-0.2, -0.15) is 0 Å². The van der Waals surface area contributed by atoms with Crippen LogP contribution in [-0.2, 0) is 0 Å². The van der Waals surface area contributed by atoms with Crippen LogP contribution >= 0.6 is 0 Å². The first kappa shape index (κ1) is 14.7. The van der Waals surface area contributed by atoms with E-state index >= 15 is 0 Å². The van der Waals surface area contributed by atoms with Crippen molar-refractivity contribution in [2.45, 2.75) is 52.2 Å². The fourth-order valence-corrected chi connectivity index (χ4v) is 1.46. The van der Waals surface area contributed by atoms with Crippen LogP contribution in [0.5, 0.6) is 0 Å². The van der Waals surface area contributed by atoms with E-state index in [-0.39, 0.29) is 5.78 Å². The quantitative estimate of drug-likeness (QED) is 0.788. The third-order valence-electron chi connectivity index (χ3n) is 3.51. The summed E-state index contributed by atoms with van der Waals surface area (Å²) in [5.41, 5.74) is 0.327. The predicted octanol–water partition coefficient (Wildman–Crippen LogP) is 3.24. The molecule has 1 rings (SSSR count). The number of ketones is 1. The predicted molar refractivity (Wildman–Crippen MR) is 75.1 cm³/mol. The Kier molecular flexibility index (Phi) is 4.17. The number of rotatable bonds is 5. The topological polar surface area (TPSA) is 49.3 Å². The standard InChI is InChI=1S/C15H23NO2/c1-6-13(17)11-7-9-12(10-8-11)16-14(2,3)15(4,5)18/h7-10,16,18H,6H2,1-5H3. The van der Waals surface area contributed by atoms with Gasteiger partial charge in [0.15, 0.2) is 5.78 Å². The molecule has 0 aromatic heterocycles. The molecule has 0 fully saturated rings. The van der Waals surface area contributed by atoms with Crippen LogP contribution in [0.4, 0.5) is 5.69 Å². The number of anilines is 1. The Morgan fingerprint density at radius 3 is 2.06 bits per heavy atom. The molecule has 0 saturated heterocycles. The zero-order valence-electron chi connectivity index (χ0n) is 11.9. The average molecular weight is 249 g/mol. The van der Waals surface area contributed by atoms with Crippen molar-refractivity contribution in [3.05, 3.63) is 29.8 Å². The average Bonchev–Trinajstić information content (AvgIpc) is 2.27. The summed E-state index contributed by atoms with van der Waals surface area (Å²) in [5, 5.41) is 13.4. The summed E-state index contributed by atoms with van der Waals surface area (Å²) < 4.78 is 0. The number of benzene rings is 1. The smallest absolute Gasteiger partial charge is 0.162 e. The molecule has 0 spiro atoms. The molecule has 0 radical (unpaired) electrons. The molecular formula is C15H23NO2. The van der Waals surface area contributed by atoms with Gasteiger partial charge < -0.3 is 10.4 Å². The normalized spacial score (nSPS) is 12.3. The number of hydrogen-bond acceptors (Lipinski definition) is 3. The van der Waals surface area contributed by atoms with Crippen LogP contribution in [0.15, 0.2) is 24.3 Å². The maximum absolute atomic E-state index is 11.5. The van der Waals surface area contributed by atoms with E-state index in [1.807, 2.05) is 45.0 Å². The summed E-state index contributed by atoms with van der Waals surface area (Å²) in [6, 6.07) is 7.37. The van der Waals surface area contributed by atoms with E-state index in [2.05, 4.69) is 5.32 Å². The molecular weight excluding hydrogens is 226 g/mol. The van der Waals surface area contributed by atoms with Crippen molar-refractivity contribution in [1.29, 1.82) is 0 Å². The largest absolute Gasteiger partial charge is 0.388 e. The van der Waals surface area contributed by atoms with Gasteiger partial charge in [-0.3, -0.25) is 4.79 Å². The molecule has 2 N–H and O–H groups in total. The summed E-state index contributed by atoms with van der Waals surface area (Å²) >= 11 is 0. The minimum absolute atomic E-state index is 0.142. The molecule has 18 heavy (non-hydrogen) atoms. The lowest BCUT2D eigenvalue weighted by Gasteiger charge is -2.38. The van der Waals surface area contributed by atoms with Crippen LogP contribution in [-0.4, -0.2) is 22.0 Å². The molecule has 0 atom stereocenters. The van der Waals surface area contributed by atoms with Gasteiger partial charge in [-0.1, -0.05) is 6.92 Å². The monoisotopic (exact) mass is 249 g/mol. The van der Waals surface area contributed by atoms with Crippen molar-refractivity contribution in [2.75, 3.05) is 5.32 Å². The lowest BCUT2D eigenvalue weighted by atomic mass is 9.85. The van der Waals surface area contributed by atoms with Gasteiger partial charge in [0.25, 0.3) is 0 Å². The zero-order chi connectivity index (χ0) is 14.0.